The standard InChI is InChI=1S/C8H13NO3S/c1-4-12-6-8(5-9)13(10,11)7(2)3/h6-7H,4H2,1-3H3/b8-6+. The van der Waals surface area contributed by atoms with Crippen molar-refractivity contribution in [3.05, 3.63) is 11.2 Å². The first-order chi connectivity index (χ1) is 5.96. The van der Waals surface area contributed by atoms with Gasteiger partial charge in [-0.1, -0.05) is 0 Å². The number of allylic oxidation sites excluding steroid dienone is 1. The molecule has 0 radical (unpaired) electrons. The molecule has 74 valence electrons. The third-order valence-electron chi connectivity index (χ3n) is 1.39. The SMILES string of the molecule is CCO/C=C(\C#N)S(=O)(=O)C(C)C. The number of hydrogen-bond donors (Lipinski definition) is 0. The predicted molar refractivity (Wildman–Crippen MR) is 49.4 cm³/mol. The number of nitrogens with zero attached hydrogens (tertiary/aromatic N) is 1. The lowest BCUT2D eigenvalue weighted by molar-refractivity contribution is 0.268. The number of nitriles is 1. The molecule has 0 saturated heterocycles. The minimum Gasteiger partial charge on any atom is -0.499 e. The molecule has 0 aromatic rings. The smallest absolute Gasteiger partial charge is 0.193 e. The van der Waals surface area contributed by atoms with E-state index in [2.05, 4.69) is 0 Å². The maximum Gasteiger partial charge on any atom is 0.193 e. The molecule has 0 aromatic carbocycles. The highest BCUT2D eigenvalue weighted by atomic mass is 32.2. The van der Waals surface area contributed by atoms with Crippen LogP contribution in [0.2, 0.25) is 0 Å². The summed E-state index contributed by atoms with van der Waals surface area (Å²) in [5, 5.41) is 7.96. The lowest BCUT2D eigenvalue weighted by atomic mass is 10.6. The highest BCUT2D eigenvalue weighted by Gasteiger charge is 2.22. The van der Waals surface area contributed by atoms with E-state index in [9.17, 15) is 8.42 Å². The summed E-state index contributed by atoms with van der Waals surface area (Å²) in [6.45, 7) is 5.10. The Hall–Kier alpha value is -1.02. The topological polar surface area (TPSA) is 67.2 Å². The van der Waals surface area contributed by atoms with Gasteiger partial charge in [-0.05, 0) is 20.8 Å². The van der Waals surface area contributed by atoms with Gasteiger partial charge in [0.1, 0.15) is 12.3 Å². The summed E-state index contributed by atoms with van der Waals surface area (Å²) in [6, 6.07) is 1.61. The molecule has 0 rings (SSSR count). The van der Waals surface area contributed by atoms with E-state index < -0.39 is 15.1 Å². The van der Waals surface area contributed by atoms with Crippen molar-refractivity contribution in [1.82, 2.24) is 0 Å². The average molecular weight is 203 g/mol. The Kier molecular flexibility index (Phi) is 4.49. The highest BCUT2D eigenvalue weighted by Crippen LogP contribution is 2.12. The van der Waals surface area contributed by atoms with Crippen LogP contribution in [0.4, 0.5) is 0 Å². The van der Waals surface area contributed by atoms with Crippen molar-refractivity contribution in [1.29, 1.82) is 5.26 Å². The predicted octanol–water partition coefficient (Wildman–Crippen LogP) is 1.21. The molecule has 0 N–H and O–H groups in total. The van der Waals surface area contributed by atoms with E-state index in [1.165, 1.54) is 13.8 Å². The molecule has 0 aliphatic heterocycles. The van der Waals surface area contributed by atoms with Crippen LogP contribution in [-0.2, 0) is 14.6 Å². The normalized spacial score (nSPS) is 12.7. The Labute approximate surface area is 78.7 Å². The van der Waals surface area contributed by atoms with Crippen LogP contribution >= 0.6 is 0 Å². The number of sulfone groups is 1. The van der Waals surface area contributed by atoms with Gasteiger partial charge in [-0.2, -0.15) is 5.26 Å². The second kappa shape index (κ2) is 4.87. The van der Waals surface area contributed by atoms with Crippen molar-refractivity contribution in [2.24, 2.45) is 0 Å². The maximum absolute atomic E-state index is 11.4. The first kappa shape index (κ1) is 12.0. The summed E-state index contributed by atoms with van der Waals surface area (Å²) in [5.74, 6) is 0. The first-order valence-electron chi connectivity index (χ1n) is 3.92. The Morgan fingerprint density at radius 1 is 1.62 bits per heavy atom. The van der Waals surface area contributed by atoms with Gasteiger partial charge in [0.25, 0.3) is 0 Å². The van der Waals surface area contributed by atoms with Crippen molar-refractivity contribution in [3.63, 3.8) is 0 Å². The van der Waals surface area contributed by atoms with E-state index in [1.54, 1.807) is 13.0 Å². The molecule has 4 nitrogen and oxygen atoms in total. The fraction of sp³-hybridized carbons (Fsp3) is 0.625. The molecule has 0 aromatic heterocycles. The van der Waals surface area contributed by atoms with Crippen LogP contribution in [0.1, 0.15) is 20.8 Å². The van der Waals surface area contributed by atoms with Gasteiger partial charge in [0, 0.05) is 0 Å². The van der Waals surface area contributed by atoms with Crippen LogP contribution in [0.15, 0.2) is 11.2 Å². The number of rotatable bonds is 4. The molecule has 0 amide bonds. The summed E-state index contributed by atoms with van der Waals surface area (Å²) in [4.78, 5) is -0.315. The molecule has 0 heterocycles. The second-order valence-corrected chi connectivity index (χ2v) is 5.12. The van der Waals surface area contributed by atoms with Gasteiger partial charge in [0.05, 0.1) is 11.9 Å². The van der Waals surface area contributed by atoms with Crippen molar-refractivity contribution < 1.29 is 13.2 Å². The van der Waals surface area contributed by atoms with Gasteiger partial charge in [0.2, 0.25) is 0 Å². The fourth-order valence-corrected chi connectivity index (χ4v) is 1.41. The fourth-order valence-electron chi connectivity index (χ4n) is 0.570. The van der Waals surface area contributed by atoms with Crippen LogP contribution in [0, 0.1) is 11.3 Å². The Morgan fingerprint density at radius 3 is 2.46 bits per heavy atom. The Balaban J connectivity index is 4.93. The molecule has 0 aliphatic rings. The van der Waals surface area contributed by atoms with E-state index >= 15 is 0 Å². The molecule has 0 spiro atoms. The van der Waals surface area contributed by atoms with E-state index in [1.807, 2.05) is 0 Å². The molecular weight excluding hydrogens is 190 g/mol. The number of ether oxygens (including phenoxy) is 1. The van der Waals surface area contributed by atoms with E-state index in [-0.39, 0.29) is 4.91 Å². The molecule has 5 heteroatoms. The average Bonchev–Trinajstić information content (AvgIpc) is 2.05. The van der Waals surface area contributed by atoms with Crippen LogP contribution in [-0.4, -0.2) is 20.3 Å². The third kappa shape index (κ3) is 3.07. The Bertz CT molecular complexity index is 322. The summed E-state index contributed by atoms with van der Waals surface area (Å²) >= 11 is 0. The molecule has 0 atom stereocenters. The third-order valence-corrected chi connectivity index (χ3v) is 3.44. The largest absolute Gasteiger partial charge is 0.499 e. The summed E-state index contributed by atoms with van der Waals surface area (Å²) in [7, 11) is -3.49. The zero-order valence-electron chi connectivity index (χ0n) is 7.94. The van der Waals surface area contributed by atoms with Crippen molar-refractivity contribution in [2.45, 2.75) is 26.0 Å². The summed E-state index contributed by atoms with van der Waals surface area (Å²) in [5.41, 5.74) is 0. The summed E-state index contributed by atoms with van der Waals surface area (Å²) < 4.78 is 27.6. The van der Waals surface area contributed by atoms with E-state index in [4.69, 9.17) is 10.00 Å². The van der Waals surface area contributed by atoms with Gasteiger partial charge >= 0.3 is 0 Å². The van der Waals surface area contributed by atoms with Gasteiger partial charge in [-0.15, -0.1) is 0 Å². The maximum atomic E-state index is 11.4. The van der Waals surface area contributed by atoms with Crippen LogP contribution in [0.25, 0.3) is 0 Å². The van der Waals surface area contributed by atoms with Crippen molar-refractivity contribution >= 4 is 9.84 Å². The Morgan fingerprint density at radius 2 is 2.15 bits per heavy atom. The summed E-state index contributed by atoms with van der Waals surface area (Å²) in [6.07, 6.45) is 0.995. The molecule has 13 heavy (non-hydrogen) atoms. The van der Waals surface area contributed by atoms with Gasteiger partial charge < -0.3 is 4.74 Å². The minimum absolute atomic E-state index is 0.315. The zero-order chi connectivity index (χ0) is 10.5. The quantitative estimate of drug-likeness (QED) is 0.508. The highest BCUT2D eigenvalue weighted by molar-refractivity contribution is 7.96. The van der Waals surface area contributed by atoms with Crippen LogP contribution < -0.4 is 0 Å². The first-order valence-corrected chi connectivity index (χ1v) is 5.47. The molecule has 0 unspecified atom stereocenters. The van der Waals surface area contributed by atoms with E-state index in [0.717, 1.165) is 6.26 Å². The van der Waals surface area contributed by atoms with Crippen LogP contribution in [0.5, 0.6) is 0 Å². The lowest BCUT2D eigenvalue weighted by Crippen LogP contribution is -2.15. The van der Waals surface area contributed by atoms with Gasteiger partial charge in [-0.25, -0.2) is 8.42 Å². The molecule has 0 fully saturated rings. The van der Waals surface area contributed by atoms with Crippen LogP contribution in [0.3, 0.4) is 0 Å². The van der Waals surface area contributed by atoms with E-state index in [0.29, 0.717) is 6.61 Å². The zero-order valence-corrected chi connectivity index (χ0v) is 8.76. The molecule has 0 saturated carbocycles. The van der Waals surface area contributed by atoms with Gasteiger partial charge in [-0.3, -0.25) is 0 Å². The van der Waals surface area contributed by atoms with Crippen molar-refractivity contribution in [2.75, 3.05) is 6.61 Å². The monoisotopic (exact) mass is 203 g/mol. The second-order valence-electron chi connectivity index (χ2n) is 2.64. The minimum atomic E-state index is -3.49. The lowest BCUT2D eigenvalue weighted by Gasteiger charge is -2.05. The molecular formula is C8H13NO3S. The van der Waals surface area contributed by atoms with Crippen molar-refractivity contribution in [3.8, 4) is 6.07 Å². The molecule has 0 bridgehead atoms. The number of hydrogen-bond acceptors (Lipinski definition) is 4. The van der Waals surface area contributed by atoms with Gasteiger partial charge in [0.15, 0.2) is 14.7 Å². The molecule has 0 aliphatic carbocycles.